The topological polar surface area (TPSA) is 63.0 Å². The Balaban J connectivity index is 0. The van der Waals surface area contributed by atoms with Crippen molar-refractivity contribution in [2.24, 2.45) is 0 Å². The van der Waals surface area contributed by atoms with E-state index < -0.39 is 0 Å². The summed E-state index contributed by atoms with van der Waals surface area (Å²) in [6.45, 7) is 0. The van der Waals surface area contributed by atoms with Gasteiger partial charge in [-0.2, -0.15) is 0 Å². The van der Waals surface area contributed by atoms with Gasteiger partial charge in [0, 0.05) is 0 Å². The fourth-order valence-corrected chi connectivity index (χ4v) is 0. The molecule has 0 rings (SSSR count). The largest absolute Gasteiger partial charge is 0.412 e. The van der Waals surface area contributed by atoms with Crippen molar-refractivity contribution < 1.29 is 29.8 Å². The van der Waals surface area contributed by atoms with Crippen molar-refractivity contribution in [3.05, 3.63) is 0 Å². The summed E-state index contributed by atoms with van der Waals surface area (Å²) in [4.78, 5) is 0. The molecular weight excluding hydrogens is 108 g/mol. The third-order valence-corrected chi connectivity index (χ3v) is 0. The van der Waals surface area contributed by atoms with Crippen LogP contribution < -0.4 is 0 Å². The van der Waals surface area contributed by atoms with Crippen molar-refractivity contribution in [1.82, 2.24) is 0 Å². The predicted molar refractivity (Wildman–Crippen MR) is 17.2 cm³/mol. The van der Waals surface area contributed by atoms with Gasteiger partial charge < -0.3 is 11.0 Å². The van der Waals surface area contributed by atoms with Crippen molar-refractivity contribution >= 4 is 0 Å². The lowest BCUT2D eigenvalue weighted by atomic mass is 16.0. The Hall–Kier alpha value is -0.360. The van der Waals surface area contributed by atoms with E-state index in [4.69, 9.17) is 0 Å². The first-order chi connectivity index (χ1) is 0. The van der Waals surface area contributed by atoms with Crippen molar-refractivity contribution in [1.29, 1.82) is 0 Å². The highest BCUT2D eigenvalue weighted by atomic mass is 19.0. The fourth-order valence-electron chi connectivity index (χ4n) is 0. The molecule has 0 spiro atoms. The summed E-state index contributed by atoms with van der Waals surface area (Å²) in [7, 11) is 0. The Labute approximate surface area is 31.2 Å². The van der Waals surface area contributed by atoms with Gasteiger partial charge in [-0.3, -0.25) is 18.8 Å². The van der Waals surface area contributed by atoms with Crippen molar-refractivity contribution in [3.63, 3.8) is 0 Å². The lowest BCUT2D eigenvalue weighted by molar-refractivity contribution is 0.823. The van der Waals surface area contributed by atoms with E-state index >= 15 is 0 Å². The van der Waals surface area contributed by atoms with Crippen LogP contribution in [0.1, 0.15) is 0 Å². The Morgan fingerprint density at radius 2 is 0.333 bits per heavy atom. The first-order valence-corrected chi connectivity index (χ1v) is 0. The summed E-state index contributed by atoms with van der Waals surface area (Å²) in [5.74, 6) is 0. The summed E-state index contributed by atoms with van der Waals surface area (Å²) < 4.78 is 0. The number of rotatable bonds is 0. The smallest absolute Gasteiger partial charge is 0.269 e. The molecule has 0 aromatic rings. The van der Waals surface area contributed by atoms with E-state index in [0.717, 1.165) is 0 Å². The molecule has 0 heterocycles. The third kappa shape index (κ3) is 196. The molecular formula is H8F4O2. The van der Waals surface area contributed by atoms with Gasteiger partial charge in [0.25, 0.3) is 0 Å². The lowest BCUT2D eigenvalue weighted by Gasteiger charge is -0.413. The van der Waals surface area contributed by atoms with Crippen molar-refractivity contribution in [2.75, 3.05) is 0 Å². The van der Waals surface area contributed by atoms with Gasteiger partial charge in [0.15, 0.2) is 0 Å². The molecule has 0 aliphatic carbocycles. The van der Waals surface area contributed by atoms with Crippen LogP contribution in [0.3, 0.4) is 0 Å². The standard InChI is InChI=1S/4FH.2H2O/h4*1H;2*1H2. The minimum absolute atomic E-state index is 0. The average molecular weight is 116 g/mol. The molecule has 0 saturated carbocycles. The predicted octanol–water partition coefficient (Wildman–Crippen LogP) is -1.04. The molecule has 0 aliphatic heterocycles. The molecule has 0 aliphatic rings. The molecule has 6 heavy (non-hydrogen) atoms. The van der Waals surface area contributed by atoms with Crippen molar-refractivity contribution in [3.8, 4) is 0 Å². The maximum Gasteiger partial charge on any atom is -0.269 e. The van der Waals surface area contributed by atoms with E-state index in [0.29, 0.717) is 0 Å². The van der Waals surface area contributed by atoms with E-state index in [-0.39, 0.29) is 29.8 Å². The quantitative estimate of drug-likeness (QED) is 0.363. The highest BCUT2D eigenvalue weighted by molar-refractivity contribution is 1.11. The third-order valence-electron chi connectivity index (χ3n) is 0. The van der Waals surface area contributed by atoms with Crippen LogP contribution >= 0.6 is 0 Å². The number of hydrogen-bond donors (Lipinski definition) is 0. The molecule has 0 radical (unpaired) electrons. The maximum atomic E-state index is 0. The minimum Gasteiger partial charge on any atom is -0.412 e. The number of hydrogen-bond acceptors (Lipinski definition) is 0. The second-order valence-electron chi connectivity index (χ2n) is 0. The molecule has 0 atom stereocenters. The van der Waals surface area contributed by atoms with Crippen LogP contribution in [0.15, 0.2) is 0 Å². The highest BCUT2D eigenvalue weighted by Crippen LogP contribution is 0.423. The molecule has 0 aromatic heterocycles. The summed E-state index contributed by atoms with van der Waals surface area (Å²) in [5, 5.41) is 0. The van der Waals surface area contributed by atoms with Gasteiger partial charge in [0.05, 0.1) is 0 Å². The van der Waals surface area contributed by atoms with Crippen LogP contribution in [-0.4, -0.2) is 11.0 Å². The van der Waals surface area contributed by atoms with Crippen LogP contribution in [0.2, 0.25) is 0 Å². The molecule has 0 fully saturated rings. The van der Waals surface area contributed by atoms with Gasteiger partial charge in [0.2, 0.25) is 0 Å². The van der Waals surface area contributed by atoms with E-state index in [1.807, 2.05) is 0 Å². The maximum absolute atomic E-state index is 0. The minimum atomic E-state index is 0. The summed E-state index contributed by atoms with van der Waals surface area (Å²) in [6.07, 6.45) is 0. The van der Waals surface area contributed by atoms with Crippen LogP contribution in [-0.2, 0) is 0 Å². The first-order valence-electron chi connectivity index (χ1n) is 0. The Morgan fingerprint density at radius 1 is 0.333 bits per heavy atom. The van der Waals surface area contributed by atoms with Crippen LogP contribution in [0.25, 0.3) is 0 Å². The second kappa shape index (κ2) is 474. The van der Waals surface area contributed by atoms with Gasteiger partial charge in [-0.15, -0.1) is 0 Å². The van der Waals surface area contributed by atoms with Crippen LogP contribution in [0, 0.1) is 0 Å². The SMILES string of the molecule is F.F.F.F.O.O. The Kier molecular flexibility index (Phi) is 74100. The Morgan fingerprint density at radius 3 is 0.333 bits per heavy atom. The van der Waals surface area contributed by atoms with Gasteiger partial charge in [-0.25, -0.2) is 0 Å². The zero-order chi connectivity index (χ0) is 0. The molecule has 0 amide bonds. The van der Waals surface area contributed by atoms with E-state index in [2.05, 4.69) is 0 Å². The molecule has 6 heteroatoms. The van der Waals surface area contributed by atoms with E-state index in [1.165, 1.54) is 0 Å². The zero-order valence-corrected chi connectivity index (χ0v) is 2.63. The monoisotopic (exact) mass is 116 g/mol. The fraction of sp³-hybridized carbons (Fsp3) is 0. The number of halogens is 4. The van der Waals surface area contributed by atoms with Crippen molar-refractivity contribution in [2.45, 2.75) is 0 Å². The Bertz CT molecular complexity index is 5.51. The highest BCUT2D eigenvalue weighted by Gasteiger charge is -0.266. The molecule has 2 nitrogen and oxygen atoms in total. The van der Waals surface area contributed by atoms with Gasteiger partial charge in [0.1, 0.15) is 0 Å². The lowest BCUT2D eigenvalue weighted by Crippen LogP contribution is -0.290. The zero-order valence-electron chi connectivity index (χ0n) is 2.63. The molecule has 4 N–H and O–H groups in total. The van der Waals surface area contributed by atoms with E-state index in [9.17, 15) is 0 Å². The van der Waals surface area contributed by atoms with Gasteiger partial charge >= 0.3 is 0 Å². The molecule has 0 saturated heterocycles. The van der Waals surface area contributed by atoms with Gasteiger partial charge in [-0.05, 0) is 0 Å². The normalized spacial score (nSPS) is 0. The second-order valence-corrected chi connectivity index (χ2v) is 0. The average Bonchev–Trinajstić information content (AvgIpc) is 0. The molecule has 48 valence electrons. The molecule has 0 bridgehead atoms. The molecule has 0 aromatic carbocycles. The first kappa shape index (κ1) is 937. The van der Waals surface area contributed by atoms with Crippen LogP contribution in [0.5, 0.6) is 0 Å². The van der Waals surface area contributed by atoms with E-state index in [1.54, 1.807) is 0 Å². The summed E-state index contributed by atoms with van der Waals surface area (Å²) >= 11 is 0. The molecule has 0 unspecified atom stereocenters. The summed E-state index contributed by atoms with van der Waals surface area (Å²) in [5.41, 5.74) is 0. The van der Waals surface area contributed by atoms with Crippen LogP contribution in [0.4, 0.5) is 18.8 Å². The summed E-state index contributed by atoms with van der Waals surface area (Å²) in [6, 6.07) is 0. The van der Waals surface area contributed by atoms with Gasteiger partial charge in [-0.1, -0.05) is 0 Å².